The summed E-state index contributed by atoms with van der Waals surface area (Å²) in [7, 11) is 1.86. The van der Waals surface area contributed by atoms with E-state index < -0.39 is 0 Å². The highest BCUT2D eigenvalue weighted by atomic mass is 127. The molecule has 1 unspecified atom stereocenters. The van der Waals surface area contributed by atoms with Gasteiger partial charge in [0.25, 0.3) is 0 Å². The molecule has 2 aromatic carbocycles. The zero-order valence-electron chi connectivity index (χ0n) is 11.3. The number of aryl methyl sites for hydroxylation is 2. The lowest BCUT2D eigenvalue weighted by atomic mass is 9.93. The lowest BCUT2D eigenvalue weighted by Gasteiger charge is -2.20. The standard InChI is InChI=1S/C16H17FIN/c1-10-8-11(2)15(14(17)9-10)16(19-3)12-4-6-13(18)7-5-12/h4-9,16,19H,1-3H3. The number of nitrogens with one attached hydrogen (secondary N) is 1. The van der Waals surface area contributed by atoms with Crippen LogP contribution >= 0.6 is 22.6 Å². The van der Waals surface area contributed by atoms with Crippen LogP contribution in [0.1, 0.15) is 28.3 Å². The van der Waals surface area contributed by atoms with Crippen molar-refractivity contribution < 1.29 is 4.39 Å². The summed E-state index contributed by atoms with van der Waals surface area (Å²) in [4.78, 5) is 0. The lowest BCUT2D eigenvalue weighted by molar-refractivity contribution is 0.572. The van der Waals surface area contributed by atoms with Gasteiger partial charge in [-0.15, -0.1) is 0 Å². The van der Waals surface area contributed by atoms with Crippen LogP contribution in [0.3, 0.4) is 0 Å². The second kappa shape index (κ2) is 6.01. The molecule has 0 aromatic heterocycles. The van der Waals surface area contributed by atoms with E-state index in [1.807, 2.05) is 51.2 Å². The first kappa shape index (κ1) is 14.5. The van der Waals surface area contributed by atoms with Crippen molar-refractivity contribution in [2.24, 2.45) is 0 Å². The molecule has 0 saturated heterocycles. The Kier molecular flexibility index (Phi) is 4.58. The molecule has 0 saturated carbocycles. The van der Waals surface area contributed by atoms with Crippen LogP contribution in [0, 0.1) is 23.2 Å². The van der Waals surface area contributed by atoms with Crippen LogP contribution in [0.4, 0.5) is 4.39 Å². The van der Waals surface area contributed by atoms with Gasteiger partial charge in [0, 0.05) is 9.13 Å². The average molecular weight is 369 g/mol. The van der Waals surface area contributed by atoms with Crippen LogP contribution < -0.4 is 5.32 Å². The zero-order valence-corrected chi connectivity index (χ0v) is 13.5. The first-order valence-electron chi connectivity index (χ1n) is 6.22. The molecule has 0 aliphatic carbocycles. The number of hydrogen-bond donors (Lipinski definition) is 1. The summed E-state index contributed by atoms with van der Waals surface area (Å²) >= 11 is 2.27. The molecule has 0 radical (unpaired) electrons. The summed E-state index contributed by atoms with van der Waals surface area (Å²) in [5, 5.41) is 3.21. The van der Waals surface area contributed by atoms with E-state index in [1.54, 1.807) is 6.07 Å². The summed E-state index contributed by atoms with van der Waals surface area (Å²) < 4.78 is 15.4. The van der Waals surface area contributed by atoms with E-state index in [1.165, 1.54) is 3.57 Å². The maximum Gasteiger partial charge on any atom is 0.128 e. The van der Waals surface area contributed by atoms with Crippen molar-refractivity contribution in [3.8, 4) is 0 Å². The summed E-state index contributed by atoms with van der Waals surface area (Å²) in [6, 6.07) is 11.7. The van der Waals surface area contributed by atoms with Gasteiger partial charge in [0.2, 0.25) is 0 Å². The van der Waals surface area contributed by atoms with Gasteiger partial charge >= 0.3 is 0 Å². The normalized spacial score (nSPS) is 12.5. The fourth-order valence-corrected chi connectivity index (χ4v) is 2.78. The van der Waals surface area contributed by atoms with Crippen LogP contribution in [0.5, 0.6) is 0 Å². The Morgan fingerprint density at radius 3 is 2.26 bits per heavy atom. The van der Waals surface area contributed by atoms with Crippen LogP contribution in [-0.4, -0.2) is 7.05 Å². The van der Waals surface area contributed by atoms with Gasteiger partial charge in [-0.2, -0.15) is 0 Å². The molecule has 2 rings (SSSR count). The Morgan fingerprint density at radius 1 is 1.11 bits per heavy atom. The monoisotopic (exact) mass is 369 g/mol. The Labute approximate surface area is 127 Å². The smallest absolute Gasteiger partial charge is 0.128 e. The first-order chi connectivity index (χ1) is 9.02. The Balaban J connectivity index is 2.51. The van der Waals surface area contributed by atoms with Crippen LogP contribution in [-0.2, 0) is 0 Å². The van der Waals surface area contributed by atoms with E-state index in [0.29, 0.717) is 0 Å². The highest BCUT2D eigenvalue weighted by Crippen LogP contribution is 2.28. The van der Waals surface area contributed by atoms with Gasteiger partial charge in [-0.25, -0.2) is 4.39 Å². The molecule has 100 valence electrons. The predicted octanol–water partition coefficient (Wildman–Crippen LogP) is 4.36. The highest BCUT2D eigenvalue weighted by molar-refractivity contribution is 14.1. The van der Waals surface area contributed by atoms with Crippen molar-refractivity contribution in [2.75, 3.05) is 7.05 Å². The van der Waals surface area contributed by atoms with Crippen molar-refractivity contribution in [1.82, 2.24) is 5.32 Å². The van der Waals surface area contributed by atoms with Crippen LogP contribution in [0.15, 0.2) is 36.4 Å². The third kappa shape index (κ3) is 3.15. The van der Waals surface area contributed by atoms with Crippen molar-refractivity contribution in [3.63, 3.8) is 0 Å². The minimum absolute atomic E-state index is 0.113. The molecule has 0 amide bonds. The number of rotatable bonds is 3. The minimum Gasteiger partial charge on any atom is -0.309 e. The van der Waals surface area contributed by atoms with Crippen molar-refractivity contribution in [1.29, 1.82) is 0 Å². The largest absolute Gasteiger partial charge is 0.309 e. The lowest BCUT2D eigenvalue weighted by Crippen LogP contribution is -2.20. The Hall–Kier alpha value is -0.940. The molecule has 19 heavy (non-hydrogen) atoms. The predicted molar refractivity (Wildman–Crippen MR) is 85.9 cm³/mol. The highest BCUT2D eigenvalue weighted by Gasteiger charge is 2.18. The third-order valence-corrected chi connectivity index (χ3v) is 3.98. The van der Waals surface area contributed by atoms with E-state index in [0.717, 1.165) is 22.3 Å². The van der Waals surface area contributed by atoms with Gasteiger partial charge in [0.1, 0.15) is 5.82 Å². The number of halogens is 2. The van der Waals surface area contributed by atoms with E-state index >= 15 is 0 Å². The maximum absolute atomic E-state index is 14.3. The van der Waals surface area contributed by atoms with Crippen molar-refractivity contribution >= 4 is 22.6 Å². The quantitative estimate of drug-likeness (QED) is 0.793. The Morgan fingerprint density at radius 2 is 1.74 bits per heavy atom. The first-order valence-corrected chi connectivity index (χ1v) is 7.30. The van der Waals surface area contributed by atoms with Crippen LogP contribution in [0.2, 0.25) is 0 Å². The molecule has 0 bridgehead atoms. The summed E-state index contributed by atoms with van der Waals surface area (Å²) in [5.41, 5.74) is 3.75. The van der Waals surface area contributed by atoms with Gasteiger partial charge in [-0.3, -0.25) is 0 Å². The fraction of sp³-hybridized carbons (Fsp3) is 0.250. The maximum atomic E-state index is 14.3. The summed E-state index contributed by atoms with van der Waals surface area (Å²) in [6.45, 7) is 3.88. The molecular weight excluding hydrogens is 352 g/mol. The van der Waals surface area contributed by atoms with E-state index in [-0.39, 0.29) is 11.9 Å². The fourth-order valence-electron chi connectivity index (χ4n) is 2.43. The van der Waals surface area contributed by atoms with Gasteiger partial charge in [-0.1, -0.05) is 18.2 Å². The van der Waals surface area contributed by atoms with Gasteiger partial charge in [-0.05, 0) is 78.4 Å². The number of benzene rings is 2. The number of hydrogen-bond acceptors (Lipinski definition) is 1. The second-order valence-electron chi connectivity index (χ2n) is 4.75. The third-order valence-electron chi connectivity index (χ3n) is 3.26. The van der Waals surface area contributed by atoms with Crippen LogP contribution in [0.25, 0.3) is 0 Å². The molecule has 3 heteroatoms. The summed E-state index contributed by atoms with van der Waals surface area (Å²) in [5.74, 6) is -0.143. The molecule has 0 aliphatic heterocycles. The SMILES string of the molecule is CNC(c1ccc(I)cc1)c1c(C)cc(C)cc1F. The van der Waals surface area contributed by atoms with E-state index in [9.17, 15) is 4.39 Å². The van der Waals surface area contributed by atoms with Crippen molar-refractivity contribution in [3.05, 3.63) is 68.0 Å². The average Bonchev–Trinajstić information content (AvgIpc) is 2.35. The summed E-state index contributed by atoms with van der Waals surface area (Å²) in [6.07, 6.45) is 0. The van der Waals surface area contributed by atoms with Crippen molar-refractivity contribution in [2.45, 2.75) is 19.9 Å². The molecule has 0 spiro atoms. The van der Waals surface area contributed by atoms with Gasteiger partial charge in [0.15, 0.2) is 0 Å². The molecule has 0 heterocycles. The zero-order chi connectivity index (χ0) is 14.0. The molecule has 1 N–H and O–H groups in total. The second-order valence-corrected chi connectivity index (χ2v) is 6.00. The molecule has 2 aromatic rings. The Bertz CT molecular complexity index is 555. The van der Waals surface area contributed by atoms with E-state index in [2.05, 4.69) is 27.9 Å². The minimum atomic E-state index is -0.143. The van der Waals surface area contributed by atoms with Gasteiger partial charge < -0.3 is 5.32 Å². The topological polar surface area (TPSA) is 12.0 Å². The molecule has 1 atom stereocenters. The van der Waals surface area contributed by atoms with E-state index in [4.69, 9.17) is 0 Å². The molecule has 1 nitrogen and oxygen atoms in total. The molecule has 0 fully saturated rings. The van der Waals surface area contributed by atoms with Gasteiger partial charge in [0.05, 0.1) is 6.04 Å². The molecule has 0 aliphatic rings. The molecular formula is C16H17FIN.